The summed E-state index contributed by atoms with van der Waals surface area (Å²) in [5.41, 5.74) is 0. The van der Waals surface area contributed by atoms with Crippen LogP contribution in [-0.4, -0.2) is 6.03 Å². The maximum atomic E-state index is 10.3. The summed E-state index contributed by atoms with van der Waals surface area (Å²) in [5, 5.41) is 4.58. The molecule has 0 spiro atoms. The number of urea groups is 1. The molecule has 0 heterocycles. The first kappa shape index (κ1) is 6.75. The Morgan fingerprint density at radius 1 is 1.25 bits per heavy atom. The highest BCUT2D eigenvalue weighted by Gasteiger charge is 1.86. The number of nitrogens with one attached hydrogen (secondary N) is 2. The van der Waals surface area contributed by atoms with Crippen LogP contribution in [0.4, 0.5) is 4.79 Å². The smallest absolute Gasteiger partial charge is 0.315 e. The molecule has 3 heteroatoms. The molecule has 8 heavy (non-hydrogen) atoms. The van der Waals surface area contributed by atoms with Gasteiger partial charge in [-0.25, -0.2) is 4.79 Å². The molecule has 0 aromatic heterocycles. The highest BCUT2D eigenvalue weighted by Crippen LogP contribution is 1.60. The van der Waals surface area contributed by atoms with Crippen LogP contribution in [0.15, 0.2) is 25.6 Å². The molecule has 0 aliphatic heterocycles. The van der Waals surface area contributed by atoms with Crippen molar-refractivity contribution in [2.75, 3.05) is 0 Å². The van der Waals surface area contributed by atoms with E-state index in [1.165, 1.54) is 12.4 Å². The molecule has 0 aliphatic rings. The van der Waals surface area contributed by atoms with E-state index in [0.29, 0.717) is 0 Å². The molecule has 0 rings (SSSR count). The van der Waals surface area contributed by atoms with E-state index in [4.69, 9.17) is 0 Å². The molecule has 0 saturated heterocycles. The van der Waals surface area contributed by atoms with Crippen LogP contribution < -0.4 is 10.6 Å². The van der Waals surface area contributed by atoms with Gasteiger partial charge in [0.25, 0.3) is 0 Å². The molecule has 0 bridgehead atoms. The van der Waals surface area contributed by atoms with Crippen molar-refractivity contribution in [3.63, 3.8) is 0 Å². The zero-order valence-corrected chi connectivity index (χ0v) is 4.48. The summed E-state index contributed by atoms with van der Waals surface area (Å²) in [7, 11) is 0. The minimum absolute atomic E-state index is 0.324. The van der Waals surface area contributed by atoms with Gasteiger partial charge >= 0.3 is 6.03 Å². The predicted molar refractivity (Wildman–Crippen MR) is 32.1 cm³/mol. The second-order valence-electron chi connectivity index (χ2n) is 1.03. The predicted octanol–water partition coefficient (Wildman–Crippen LogP) is 0.573. The highest BCUT2D eigenvalue weighted by molar-refractivity contribution is 5.75. The summed E-state index contributed by atoms with van der Waals surface area (Å²) in [6.07, 6.45) is 2.58. The Balaban J connectivity index is 3.32. The molecular formula is C5H8N2O. The van der Waals surface area contributed by atoms with E-state index in [2.05, 4.69) is 23.8 Å². The first-order valence-corrected chi connectivity index (χ1v) is 2.10. The number of amides is 2. The molecule has 0 fully saturated rings. The molecule has 0 unspecified atom stereocenters. The molecule has 0 atom stereocenters. The first-order valence-electron chi connectivity index (χ1n) is 2.10. The lowest BCUT2D eigenvalue weighted by Gasteiger charge is -1.93. The molecule has 0 radical (unpaired) electrons. The van der Waals surface area contributed by atoms with Gasteiger partial charge in [-0.2, -0.15) is 0 Å². The number of carbonyl (C=O) groups is 1. The van der Waals surface area contributed by atoms with Crippen LogP contribution in [0.5, 0.6) is 0 Å². The minimum Gasteiger partial charge on any atom is -0.315 e. The molecule has 2 N–H and O–H groups in total. The summed E-state index contributed by atoms with van der Waals surface area (Å²) < 4.78 is 0. The summed E-state index contributed by atoms with van der Waals surface area (Å²) in [5.74, 6) is 0. The van der Waals surface area contributed by atoms with Gasteiger partial charge in [-0.15, -0.1) is 0 Å². The maximum Gasteiger partial charge on any atom is 0.322 e. The zero-order chi connectivity index (χ0) is 6.41. The van der Waals surface area contributed by atoms with E-state index < -0.39 is 0 Å². The third kappa shape index (κ3) is 2.96. The van der Waals surface area contributed by atoms with Gasteiger partial charge in [0.1, 0.15) is 0 Å². The SMILES string of the molecule is C=CNC(=O)NC=C. The van der Waals surface area contributed by atoms with Crippen molar-refractivity contribution in [2.24, 2.45) is 0 Å². The lowest BCUT2D eigenvalue weighted by atomic mass is 10.8. The molecule has 2 amide bonds. The summed E-state index contributed by atoms with van der Waals surface area (Å²) >= 11 is 0. The largest absolute Gasteiger partial charge is 0.322 e. The van der Waals surface area contributed by atoms with Gasteiger partial charge in [-0.3, -0.25) is 0 Å². The van der Waals surface area contributed by atoms with Crippen molar-refractivity contribution < 1.29 is 4.79 Å². The second-order valence-corrected chi connectivity index (χ2v) is 1.03. The van der Waals surface area contributed by atoms with Gasteiger partial charge < -0.3 is 10.6 Å². The quantitative estimate of drug-likeness (QED) is 0.538. The number of rotatable bonds is 2. The lowest BCUT2D eigenvalue weighted by molar-refractivity contribution is 0.247. The molecule has 44 valence electrons. The third-order valence-corrected chi connectivity index (χ3v) is 0.466. The number of hydrogen-bond donors (Lipinski definition) is 2. The fourth-order valence-electron chi connectivity index (χ4n) is 0.227. The molecule has 0 aromatic rings. The number of carbonyl (C=O) groups excluding carboxylic acids is 1. The van der Waals surface area contributed by atoms with Crippen LogP contribution in [0.2, 0.25) is 0 Å². The van der Waals surface area contributed by atoms with Crippen LogP contribution in [0.3, 0.4) is 0 Å². The van der Waals surface area contributed by atoms with Crippen LogP contribution in [0, 0.1) is 0 Å². The Bertz CT molecular complexity index is 97.0. The van der Waals surface area contributed by atoms with Crippen LogP contribution in [0.1, 0.15) is 0 Å². The van der Waals surface area contributed by atoms with E-state index in [-0.39, 0.29) is 6.03 Å². The normalized spacial score (nSPS) is 7.00. The van der Waals surface area contributed by atoms with Crippen molar-refractivity contribution in [2.45, 2.75) is 0 Å². The molecular weight excluding hydrogens is 104 g/mol. The van der Waals surface area contributed by atoms with E-state index in [9.17, 15) is 4.79 Å². The van der Waals surface area contributed by atoms with Crippen LogP contribution in [-0.2, 0) is 0 Å². The monoisotopic (exact) mass is 112 g/mol. The topological polar surface area (TPSA) is 41.1 Å². The van der Waals surface area contributed by atoms with Gasteiger partial charge in [0.2, 0.25) is 0 Å². The summed E-state index contributed by atoms with van der Waals surface area (Å²) in [6.45, 7) is 6.55. The minimum atomic E-state index is -0.324. The third-order valence-electron chi connectivity index (χ3n) is 0.466. The Morgan fingerprint density at radius 2 is 1.62 bits per heavy atom. The fourth-order valence-corrected chi connectivity index (χ4v) is 0.227. The average Bonchev–Trinajstić information content (AvgIpc) is 1.68. The molecule has 0 saturated carbocycles. The van der Waals surface area contributed by atoms with Crippen molar-refractivity contribution in [3.8, 4) is 0 Å². The standard InChI is InChI=1S/C5H8N2O/c1-3-6-5(8)7-4-2/h3-4H,1-2H2,(H2,6,7,8). The average molecular weight is 112 g/mol. The van der Waals surface area contributed by atoms with Gasteiger partial charge in [0.05, 0.1) is 0 Å². The zero-order valence-electron chi connectivity index (χ0n) is 4.48. The Kier molecular flexibility index (Phi) is 3.31. The van der Waals surface area contributed by atoms with Crippen LogP contribution in [0.25, 0.3) is 0 Å². The Hall–Kier alpha value is -1.25. The number of hydrogen-bond acceptors (Lipinski definition) is 1. The molecule has 3 nitrogen and oxygen atoms in total. The maximum absolute atomic E-state index is 10.3. The van der Waals surface area contributed by atoms with Crippen molar-refractivity contribution in [1.82, 2.24) is 10.6 Å². The van der Waals surface area contributed by atoms with Crippen molar-refractivity contribution in [3.05, 3.63) is 25.6 Å². The van der Waals surface area contributed by atoms with E-state index in [1.807, 2.05) is 0 Å². The summed E-state index contributed by atoms with van der Waals surface area (Å²) in [6, 6.07) is -0.324. The second kappa shape index (κ2) is 3.92. The molecule has 0 aromatic carbocycles. The first-order chi connectivity index (χ1) is 3.81. The van der Waals surface area contributed by atoms with Gasteiger partial charge in [0, 0.05) is 0 Å². The van der Waals surface area contributed by atoms with Crippen molar-refractivity contribution in [1.29, 1.82) is 0 Å². The van der Waals surface area contributed by atoms with Gasteiger partial charge in [-0.1, -0.05) is 13.2 Å². The van der Waals surface area contributed by atoms with E-state index in [0.717, 1.165) is 0 Å². The summed E-state index contributed by atoms with van der Waals surface area (Å²) in [4.78, 5) is 10.3. The van der Waals surface area contributed by atoms with Gasteiger partial charge in [-0.05, 0) is 12.4 Å². The Labute approximate surface area is 48.1 Å². The lowest BCUT2D eigenvalue weighted by Crippen LogP contribution is -2.27. The van der Waals surface area contributed by atoms with Gasteiger partial charge in [0.15, 0.2) is 0 Å². The Morgan fingerprint density at radius 3 is 1.88 bits per heavy atom. The fraction of sp³-hybridized carbons (Fsp3) is 0. The molecule has 0 aliphatic carbocycles. The van der Waals surface area contributed by atoms with E-state index in [1.54, 1.807) is 0 Å². The van der Waals surface area contributed by atoms with Crippen molar-refractivity contribution >= 4 is 6.03 Å². The van der Waals surface area contributed by atoms with Crippen LogP contribution >= 0.6 is 0 Å². The van der Waals surface area contributed by atoms with E-state index >= 15 is 0 Å². The highest BCUT2D eigenvalue weighted by atomic mass is 16.2.